The molecule has 0 radical (unpaired) electrons. The Labute approximate surface area is 187 Å². The fourth-order valence-electron chi connectivity index (χ4n) is 4.49. The summed E-state index contributed by atoms with van der Waals surface area (Å²) >= 11 is 0. The van der Waals surface area contributed by atoms with E-state index in [0.29, 0.717) is 48.6 Å². The van der Waals surface area contributed by atoms with Gasteiger partial charge in [0, 0.05) is 50.5 Å². The molecule has 2 aliphatic heterocycles. The molecule has 2 saturated heterocycles. The number of hydrogen-bond donors (Lipinski definition) is 0. The molecule has 0 aliphatic carbocycles. The number of nitriles is 1. The fourth-order valence-corrected chi connectivity index (χ4v) is 4.49. The summed E-state index contributed by atoms with van der Waals surface area (Å²) in [7, 11) is 0. The standard InChI is InChI=1S/C25H27FN4O2/c1-18(31)20-6-8-24(22(26)16-20)29-11-13-30(14-12-29)25(32)21-15-19(17-27)5-7-23(21)28-9-3-2-4-10-28/h5-8,15-16H,2-4,9-14H2,1H3. The second-order valence-corrected chi connectivity index (χ2v) is 8.39. The van der Waals surface area contributed by atoms with E-state index in [1.807, 2.05) is 11.0 Å². The highest BCUT2D eigenvalue weighted by Crippen LogP contribution is 2.28. The molecule has 2 aliphatic rings. The number of Topliss-reactive ketones (excluding diaryl/α,β-unsaturated/α-hetero) is 1. The van der Waals surface area contributed by atoms with Gasteiger partial charge in [-0.15, -0.1) is 0 Å². The minimum Gasteiger partial charge on any atom is -0.371 e. The van der Waals surface area contributed by atoms with Gasteiger partial charge in [-0.05, 0) is 62.6 Å². The van der Waals surface area contributed by atoms with Gasteiger partial charge in [-0.2, -0.15) is 5.26 Å². The number of piperazine rings is 1. The minimum atomic E-state index is -0.424. The molecule has 4 rings (SSSR count). The van der Waals surface area contributed by atoms with Gasteiger partial charge >= 0.3 is 0 Å². The van der Waals surface area contributed by atoms with Crippen LogP contribution in [0.2, 0.25) is 0 Å². The summed E-state index contributed by atoms with van der Waals surface area (Å²) in [6.07, 6.45) is 3.39. The van der Waals surface area contributed by atoms with Crippen molar-refractivity contribution < 1.29 is 14.0 Å². The highest BCUT2D eigenvalue weighted by Gasteiger charge is 2.27. The molecule has 7 heteroatoms. The molecule has 0 saturated carbocycles. The summed E-state index contributed by atoms with van der Waals surface area (Å²) in [6, 6.07) is 12.0. The Morgan fingerprint density at radius 3 is 2.16 bits per heavy atom. The largest absolute Gasteiger partial charge is 0.371 e. The number of halogens is 1. The minimum absolute atomic E-state index is 0.0882. The molecule has 0 unspecified atom stereocenters. The average molecular weight is 435 g/mol. The van der Waals surface area contributed by atoms with E-state index in [2.05, 4.69) is 11.0 Å². The van der Waals surface area contributed by atoms with Gasteiger partial charge in [0.15, 0.2) is 5.78 Å². The zero-order chi connectivity index (χ0) is 22.7. The Balaban J connectivity index is 1.50. The summed E-state index contributed by atoms with van der Waals surface area (Å²) < 4.78 is 14.5. The molecular formula is C25H27FN4O2. The number of piperidine rings is 1. The molecule has 2 aromatic carbocycles. The predicted molar refractivity (Wildman–Crippen MR) is 122 cm³/mol. The van der Waals surface area contributed by atoms with Crippen molar-refractivity contribution in [3.8, 4) is 6.07 Å². The monoisotopic (exact) mass is 434 g/mol. The molecule has 32 heavy (non-hydrogen) atoms. The van der Waals surface area contributed by atoms with Gasteiger partial charge in [0.25, 0.3) is 5.91 Å². The van der Waals surface area contributed by atoms with Crippen LogP contribution in [0, 0.1) is 17.1 Å². The van der Waals surface area contributed by atoms with Crippen molar-refractivity contribution in [2.75, 3.05) is 49.1 Å². The number of carbonyl (C=O) groups excluding carboxylic acids is 2. The molecule has 0 aromatic heterocycles. The summed E-state index contributed by atoms with van der Waals surface area (Å²) in [5.41, 5.74) is 2.73. The summed E-state index contributed by atoms with van der Waals surface area (Å²) in [5, 5.41) is 9.34. The first kappa shape index (κ1) is 21.8. The maximum Gasteiger partial charge on any atom is 0.256 e. The fraction of sp³-hybridized carbons (Fsp3) is 0.400. The van der Waals surface area contributed by atoms with Gasteiger partial charge in [0.2, 0.25) is 0 Å². The van der Waals surface area contributed by atoms with E-state index in [1.165, 1.54) is 19.4 Å². The summed E-state index contributed by atoms with van der Waals surface area (Å²) in [4.78, 5) is 30.8. The zero-order valence-corrected chi connectivity index (χ0v) is 18.3. The topological polar surface area (TPSA) is 67.6 Å². The average Bonchev–Trinajstić information content (AvgIpc) is 2.83. The predicted octanol–water partition coefficient (Wildman–Crippen LogP) is 3.85. The quantitative estimate of drug-likeness (QED) is 0.684. The van der Waals surface area contributed by atoms with E-state index < -0.39 is 5.82 Å². The molecule has 2 aromatic rings. The van der Waals surface area contributed by atoms with Crippen LogP contribution in [0.25, 0.3) is 0 Å². The Hall–Kier alpha value is -3.40. The maximum atomic E-state index is 14.5. The van der Waals surface area contributed by atoms with E-state index in [9.17, 15) is 19.2 Å². The van der Waals surface area contributed by atoms with Gasteiger partial charge in [-0.1, -0.05) is 0 Å². The van der Waals surface area contributed by atoms with Crippen molar-refractivity contribution in [1.29, 1.82) is 5.26 Å². The van der Waals surface area contributed by atoms with E-state index in [-0.39, 0.29) is 11.7 Å². The third-order valence-electron chi connectivity index (χ3n) is 6.31. The first-order valence-electron chi connectivity index (χ1n) is 11.1. The van der Waals surface area contributed by atoms with Crippen LogP contribution in [0.5, 0.6) is 0 Å². The lowest BCUT2D eigenvalue weighted by Crippen LogP contribution is -2.49. The van der Waals surface area contributed by atoms with E-state index in [1.54, 1.807) is 29.2 Å². The van der Waals surface area contributed by atoms with Gasteiger partial charge < -0.3 is 14.7 Å². The Bertz CT molecular complexity index is 1060. The molecule has 0 spiro atoms. The van der Waals surface area contributed by atoms with Crippen molar-refractivity contribution in [3.63, 3.8) is 0 Å². The smallest absolute Gasteiger partial charge is 0.256 e. The molecule has 6 nitrogen and oxygen atoms in total. The van der Waals surface area contributed by atoms with Crippen LogP contribution in [-0.4, -0.2) is 55.9 Å². The number of carbonyl (C=O) groups is 2. The summed E-state index contributed by atoms with van der Waals surface area (Å²) in [5.74, 6) is -0.684. The molecule has 166 valence electrons. The van der Waals surface area contributed by atoms with E-state index >= 15 is 0 Å². The van der Waals surface area contributed by atoms with Gasteiger partial charge in [-0.25, -0.2) is 4.39 Å². The lowest BCUT2D eigenvalue weighted by molar-refractivity contribution is 0.0747. The van der Waals surface area contributed by atoms with Crippen molar-refractivity contribution in [2.45, 2.75) is 26.2 Å². The maximum absolute atomic E-state index is 14.5. The van der Waals surface area contributed by atoms with Crippen LogP contribution in [-0.2, 0) is 0 Å². The van der Waals surface area contributed by atoms with Crippen LogP contribution in [0.4, 0.5) is 15.8 Å². The highest BCUT2D eigenvalue weighted by atomic mass is 19.1. The lowest BCUT2D eigenvalue weighted by Gasteiger charge is -2.37. The molecule has 0 N–H and O–H groups in total. The number of rotatable bonds is 4. The number of nitrogens with zero attached hydrogens (tertiary/aromatic N) is 4. The van der Waals surface area contributed by atoms with Gasteiger partial charge in [-0.3, -0.25) is 9.59 Å². The molecular weight excluding hydrogens is 407 g/mol. The normalized spacial score (nSPS) is 16.6. The van der Waals surface area contributed by atoms with Crippen molar-refractivity contribution in [3.05, 3.63) is 58.9 Å². The number of anilines is 2. The SMILES string of the molecule is CC(=O)c1ccc(N2CCN(C(=O)c3cc(C#N)ccc3N3CCCCC3)CC2)c(F)c1. The Morgan fingerprint density at radius 1 is 0.875 bits per heavy atom. The zero-order valence-electron chi connectivity index (χ0n) is 18.3. The molecule has 2 fully saturated rings. The number of amides is 1. The third kappa shape index (κ3) is 4.45. The van der Waals surface area contributed by atoms with Crippen molar-refractivity contribution in [2.24, 2.45) is 0 Å². The van der Waals surface area contributed by atoms with E-state index in [0.717, 1.165) is 31.6 Å². The molecule has 0 atom stereocenters. The van der Waals surface area contributed by atoms with Crippen LogP contribution in [0.1, 0.15) is 52.5 Å². The molecule has 2 heterocycles. The first-order chi connectivity index (χ1) is 15.5. The number of hydrogen-bond acceptors (Lipinski definition) is 5. The Kier molecular flexibility index (Phi) is 6.40. The van der Waals surface area contributed by atoms with Crippen LogP contribution >= 0.6 is 0 Å². The molecule has 1 amide bonds. The third-order valence-corrected chi connectivity index (χ3v) is 6.31. The number of ketones is 1. The highest BCUT2D eigenvalue weighted by molar-refractivity contribution is 6.00. The summed E-state index contributed by atoms with van der Waals surface area (Å²) in [6.45, 7) is 5.16. The van der Waals surface area contributed by atoms with Gasteiger partial charge in [0.1, 0.15) is 5.82 Å². The van der Waals surface area contributed by atoms with Crippen LogP contribution in [0.15, 0.2) is 36.4 Å². The van der Waals surface area contributed by atoms with E-state index in [4.69, 9.17) is 0 Å². The second-order valence-electron chi connectivity index (χ2n) is 8.39. The Morgan fingerprint density at radius 2 is 1.53 bits per heavy atom. The first-order valence-corrected chi connectivity index (χ1v) is 11.1. The second kappa shape index (κ2) is 9.39. The van der Waals surface area contributed by atoms with Gasteiger partial charge in [0.05, 0.1) is 22.9 Å². The van der Waals surface area contributed by atoms with Crippen molar-refractivity contribution >= 4 is 23.1 Å². The number of benzene rings is 2. The lowest BCUT2D eigenvalue weighted by atomic mass is 10.0. The van der Waals surface area contributed by atoms with Crippen LogP contribution in [0.3, 0.4) is 0 Å². The van der Waals surface area contributed by atoms with Crippen molar-refractivity contribution in [1.82, 2.24) is 4.90 Å². The van der Waals surface area contributed by atoms with Crippen LogP contribution < -0.4 is 9.80 Å². The molecule has 0 bridgehead atoms.